The molecular formula is C10H14O. The largest absolute Gasteiger partial charge is 0.395 e. The van der Waals surface area contributed by atoms with Crippen LogP contribution >= 0.6 is 0 Å². The topological polar surface area (TPSA) is 20.2 Å². The molecule has 0 aromatic rings. The maximum atomic E-state index is 8.38. The van der Waals surface area contributed by atoms with Crippen LogP contribution in [0.2, 0.25) is 0 Å². The summed E-state index contributed by atoms with van der Waals surface area (Å²) in [6.45, 7) is 0.164. The summed E-state index contributed by atoms with van der Waals surface area (Å²) >= 11 is 0. The molecule has 0 saturated carbocycles. The molecule has 60 valence electrons. The van der Waals surface area contributed by atoms with Gasteiger partial charge in [0, 0.05) is 19.3 Å². The predicted octanol–water partition coefficient (Wildman–Crippen LogP) is 1.57. The van der Waals surface area contributed by atoms with Crippen LogP contribution in [-0.2, 0) is 0 Å². The highest BCUT2D eigenvalue weighted by Crippen LogP contribution is 1.96. The van der Waals surface area contributed by atoms with E-state index in [1.165, 1.54) is 0 Å². The van der Waals surface area contributed by atoms with Crippen molar-refractivity contribution in [1.82, 2.24) is 0 Å². The first kappa shape index (κ1) is 10.1. The summed E-state index contributed by atoms with van der Waals surface area (Å²) in [5.74, 6) is 8.41. The van der Waals surface area contributed by atoms with Gasteiger partial charge in [-0.2, -0.15) is 0 Å². The molecule has 0 aromatic heterocycles. The lowest BCUT2D eigenvalue weighted by atomic mass is 10.2. The van der Waals surface area contributed by atoms with Gasteiger partial charge in [0.15, 0.2) is 0 Å². The molecule has 0 aliphatic rings. The van der Waals surface area contributed by atoms with Crippen molar-refractivity contribution in [2.24, 2.45) is 0 Å². The maximum absolute atomic E-state index is 8.38. The first-order valence-corrected chi connectivity index (χ1v) is 3.92. The fourth-order valence-electron chi connectivity index (χ4n) is 0.673. The van der Waals surface area contributed by atoms with E-state index in [0.29, 0.717) is 6.42 Å². The molecule has 11 heavy (non-hydrogen) atoms. The van der Waals surface area contributed by atoms with E-state index in [9.17, 15) is 0 Å². The molecule has 1 N–H and O–H groups in total. The van der Waals surface area contributed by atoms with E-state index in [2.05, 4.69) is 17.8 Å². The second-order valence-electron chi connectivity index (χ2n) is 2.24. The number of aliphatic hydroxyl groups is 1. The minimum absolute atomic E-state index is 0.164. The van der Waals surface area contributed by atoms with E-state index in [1.807, 2.05) is 0 Å². The lowest BCUT2D eigenvalue weighted by Crippen LogP contribution is -1.76. The van der Waals surface area contributed by atoms with Crippen molar-refractivity contribution in [3.05, 3.63) is 0 Å². The van der Waals surface area contributed by atoms with Crippen molar-refractivity contribution in [1.29, 1.82) is 0 Å². The molecule has 0 heterocycles. The highest BCUT2D eigenvalue weighted by Gasteiger charge is 1.81. The minimum Gasteiger partial charge on any atom is -0.395 e. The number of hydrogen-bond donors (Lipinski definition) is 1. The zero-order chi connectivity index (χ0) is 8.36. The normalized spacial score (nSPS) is 8.00. The highest BCUT2D eigenvalue weighted by molar-refractivity contribution is 4.98. The van der Waals surface area contributed by atoms with E-state index < -0.39 is 0 Å². The van der Waals surface area contributed by atoms with Crippen LogP contribution in [0.5, 0.6) is 0 Å². The molecular weight excluding hydrogens is 136 g/mol. The smallest absolute Gasteiger partial charge is 0.0540 e. The maximum Gasteiger partial charge on any atom is 0.0540 e. The molecule has 1 heteroatoms. The summed E-state index contributed by atoms with van der Waals surface area (Å²) in [4.78, 5) is 0. The molecule has 0 amide bonds. The van der Waals surface area contributed by atoms with Gasteiger partial charge in [-0.3, -0.25) is 0 Å². The first-order chi connectivity index (χ1) is 5.41. The SMILES string of the molecule is C#CCCCCC#CCCO. The molecule has 0 aliphatic carbocycles. The molecule has 0 atom stereocenters. The Morgan fingerprint density at radius 3 is 2.27 bits per heavy atom. The van der Waals surface area contributed by atoms with E-state index in [0.717, 1.165) is 25.7 Å². The molecule has 0 unspecified atom stereocenters. The van der Waals surface area contributed by atoms with Crippen LogP contribution in [0.4, 0.5) is 0 Å². The Kier molecular flexibility index (Phi) is 8.32. The van der Waals surface area contributed by atoms with Crippen molar-refractivity contribution in [3.63, 3.8) is 0 Å². The molecule has 0 saturated heterocycles. The molecule has 0 aliphatic heterocycles. The summed E-state index contributed by atoms with van der Waals surface area (Å²) in [7, 11) is 0. The van der Waals surface area contributed by atoms with Crippen molar-refractivity contribution < 1.29 is 5.11 Å². The predicted molar refractivity (Wildman–Crippen MR) is 46.8 cm³/mol. The quantitative estimate of drug-likeness (QED) is 0.476. The van der Waals surface area contributed by atoms with Crippen molar-refractivity contribution in [2.75, 3.05) is 6.61 Å². The third-order valence-electron chi connectivity index (χ3n) is 1.23. The van der Waals surface area contributed by atoms with Crippen LogP contribution in [0.25, 0.3) is 0 Å². The second kappa shape index (κ2) is 9.08. The van der Waals surface area contributed by atoms with Gasteiger partial charge in [-0.15, -0.1) is 24.2 Å². The van der Waals surface area contributed by atoms with E-state index in [4.69, 9.17) is 11.5 Å². The van der Waals surface area contributed by atoms with Crippen LogP contribution < -0.4 is 0 Å². The molecule has 1 nitrogen and oxygen atoms in total. The number of hydrogen-bond acceptors (Lipinski definition) is 1. The molecule has 0 spiro atoms. The van der Waals surface area contributed by atoms with Crippen molar-refractivity contribution in [2.45, 2.75) is 32.1 Å². The van der Waals surface area contributed by atoms with Crippen LogP contribution in [0.1, 0.15) is 32.1 Å². The third kappa shape index (κ3) is 9.08. The van der Waals surface area contributed by atoms with E-state index >= 15 is 0 Å². The van der Waals surface area contributed by atoms with Crippen LogP contribution in [-0.4, -0.2) is 11.7 Å². The van der Waals surface area contributed by atoms with E-state index in [1.54, 1.807) is 0 Å². The second-order valence-corrected chi connectivity index (χ2v) is 2.24. The summed E-state index contributed by atoms with van der Waals surface area (Å²) in [5.41, 5.74) is 0. The van der Waals surface area contributed by atoms with Crippen LogP contribution in [0.15, 0.2) is 0 Å². The van der Waals surface area contributed by atoms with Gasteiger partial charge in [-0.05, 0) is 12.8 Å². The average molecular weight is 150 g/mol. The minimum atomic E-state index is 0.164. The van der Waals surface area contributed by atoms with Crippen molar-refractivity contribution in [3.8, 4) is 24.2 Å². The van der Waals surface area contributed by atoms with Gasteiger partial charge in [0.05, 0.1) is 6.61 Å². The number of terminal acetylenes is 1. The summed E-state index contributed by atoms with van der Waals surface area (Å²) in [5, 5.41) is 8.38. The fourth-order valence-corrected chi connectivity index (χ4v) is 0.673. The third-order valence-corrected chi connectivity index (χ3v) is 1.23. The number of aliphatic hydroxyl groups excluding tert-OH is 1. The molecule has 0 radical (unpaired) electrons. The van der Waals surface area contributed by atoms with Crippen LogP contribution in [0, 0.1) is 24.2 Å². The first-order valence-electron chi connectivity index (χ1n) is 3.92. The van der Waals surface area contributed by atoms with Gasteiger partial charge in [-0.1, -0.05) is 0 Å². The summed E-state index contributed by atoms with van der Waals surface area (Å²) < 4.78 is 0. The molecule has 0 aromatic carbocycles. The van der Waals surface area contributed by atoms with Crippen LogP contribution in [0.3, 0.4) is 0 Å². The lowest BCUT2D eigenvalue weighted by molar-refractivity contribution is 0.305. The fraction of sp³-hybridized carbons (Fsp3) is 0.600. The van der Waals surface area contributed by atoms with E-state index in [-0.39, 0.29) is 6.61 Å². The Bertz CT molecular complexity index is 166. The molecule has 0 bridgehead atoms. The van der Waals surface area contributed by atoms with Gasteiger partial charge in [0.2, 0.25) is 0 Å². The summed E-state index contributed by atoms with van der Waals surface area (Å²) in [6, 6.07) is 0. The van der Waals surface area contributed by atoms with Gasteiger partial charge in [-0.25, -0.2) is 0 Å². The zero-order valence-corrected chi connectivity index (χ0v) is 6.77. The lowest BCUT2D eigenvalue weighted by Gasteiger charge is -1.87. The monoisotopic (exact) mass is 150 g/mol. The Hall–Kier alpha value is -0.920. The summed E-state index contributed by atoms with van der Waals surface area (Å²) in [6.07, 6.45) is 9.55. The van der Waals surface area contributed by atoms with Gasteiger partial charge >= 0.3 is 0 Å². The Morgan fingerprint density at radius 2 is 1.64 bits per heavy atom. The average Bonchev–Trinajstić information content (AvgIpc) is 2.03. The highest BCUT2D eigenvalue weighted by atomic mass is 16.2. The molecule has 0 rings (SSSR count). The number of unbranched alkanes of at least 4 members (excludes halogenated alkanes) is 3. The Balaban J connectivity index is 3.03. The Labute approximate surface area is 68.8 Å². The molecule has 0 fully saturated rings. The van der Waals surface area contributed by atoms with Gasteiger partial charge < -0.3 is 5.11 Å². The zero-order valence-electron chi connectivity index (χ0n) is 6.77. The van der Waals surface area contributed by atoms with Gasteiger partial charge in [0.25, 0.3) is 0 Å². The van der Waals surface area contributed by atoms with Gasteiger partial charge in [0.1, 0.15) is 0 Å². The number of rotatable bonds is 4. The standard InChI is InChI=1S/C10H14O/c1-2-3-4-5-6-7-8-9-10-11/h1,11H,3-6,9-10H2. The van der Waals surface area contributed by atoms with Crippen molar-refractivity contribution >= 4 is 0 Å². The Morgan fingerprint density at radius 1 is 1.00 bits per heavy atom.